The number of nitrogens with two attached hydrogens (primary N) is 1. The lowest BCUT2D eigenvalue weighted by atomic mass is 9.98. The Bertz CT molecular complexity index is 3090. The third-order valence-corrected chi connectivity index (χ3v) is 10.9. The van der Waals surface area contributed by atoms with Gasteiger partial charge in [-0.05, 0) is 106 Å². The summed E-state index contributed by atoms with van der Waals surface area (Å²) >= 11 is 0. The molecule has 0 radical (unpaired) electrons. The molecule has 0 spiro atoms. The molecule has 0 unspecified atom stereocenters. The third-order valence-electron chi connectivity index (χ3n) is 10.9. The Morgan fingerprint density at radius 1 is 0.429 bits per heavy atom. The Hall–Kier alpha value is -7.43. The predicted octanol–water partition coefficient (Wildman–Crippen LogP) is 12.8. The molecule has 0 aliphatic heterocycles. The van der Waals surface area contributed by atoms with Crippen molar-refractivity contribution in [2.75, 3.05) is 0 Å². The molecule has 10 rings (SSSR count). The minimum absolute atomic E-state index is 0.453. The molecule has 0 atom stereocenters. The molecule has 0 saturated heterocycles. The van der Waals surface area contributed by atoms with Crippen molar-refractivity contribution in [2.45, 2.75) is 6.67 Å². The van der Waals surface area contributed by atoms with Crippen LogP contribution >= 0.6 is 0 Å². The number of benzene rings is 8. The van der Waals surface area contributed by atoms with Gasteiger partial charge >= 0.3 is 0 Å². The van der Waals surface area contributed by atoms with Gasteiger partial charge in [-0.3, -0.25) is 4.99 Å². The lowest BCUT2D eigenvalue weighted by molar-refractivity contribution is 0.793. The van der Waals surface area contributed by atoms with Crippen LogP contribution in [-0.4, -0.2) is 14.8 Å². The minimum Gasteiger partial charge on any atom is -0.405 e. The van der Waals surface area contributed by atoms with Crippen LogP contribution in [0.1, 0.15) is 5.56 Å². The highest BCUT2D eigenvalue weighted by molar-refractivity contribution is 6.12. The zero-order valence-electron chi connectivity index (χ0n) is 30.8. The second-order valence-electron chi connectivity index (χ2n) is 14.2. The molecule has 0 aliphatic carbocycles. The van der Waals surface area contributed by atoms with Crippen molar-refractivity contribution in [2.24, 2.45) is 10.7 Å². The molecule has 56 heavy (non-hydrogen) atoms. The van der Waals surface area contributed by atoms with E-state index in [0.717, 1.165) is 33.6 Å². The number of hydrogen-bond acceptors (Lipinski definition) is 2. The molecule has 10 aromatic rings. The SMILES string of the molecule is N/C=C\C(=N/Cn1c2ccccc2c2cc(-c3ccc4c(c3)c3ccccc3n4-c3ccccc3)ccc21)c1ccc(-c2cccc(-c3ccccc3)c2)cc1. The zero-order chi connectivity index (χ0) is 37.4. The van der Waals surface area contributed by atoms with Crippen LogP contribution in [0.5, 0.6) is 0 Å². The average molecular weight is 719 g/mol. The summed E-state index contributed by atoms with van der Waals surface area (Å²) in [6.07, 6.45) is 3.46. The van der Waals surface area contributed by atoms with Crippen LogP contribution in [-0.2, 0) is 6.67 Å². The quantitative estimate of drug-likeness (QED) is 0.156. The van der Waals surface area contributed by atoms with Gasteiger partial charge in [0.1, 0.15) is 6.67 Å². The van der Waals surface area contributed by atoms with Gasteiger partial charge in [0.25, 0.3) is 0 Å². The maximum Gasteiger partial charge on any atom is 0.115 e. The summed E-state index contributed by atoms with van der Waals surface area (Å²) in [5, 5.41) is 4.91. The van der Waals surface area contributed by atoms with Crippen LogP contribution in [0.15, 0.2) is 211 Å². The molecule has 0 fully saturated rings. The Morgan fingerprint density at radius 3 is 1.61 bits per heavy atom. The number of nitrogens with zero attached hydrogens (tertiary/aromatic N) is 3. The first-order valence-electron chi connectivity index (χ1n) is 19.0. The molecular formula is C52H38N4. The molecule has 2 aromatic heterocycles. The number of rotatable bonds is 8. The molecule has 266 valence electrons. The van der Waals surface area contributed by atoms with Crippen LogP contribution < -0.4 is 5.73 Å². The topological polar surface area (TPSA) is 48.2 Å². The molecular weight excluding hydrogens is 681 g/mol. The molecule has 0 amide bonds. The fourth-order valence-electron chi connectivity index (χ4n) is 8.21. The van der Waals surface area contributed by atoms with Crippen molar-refractivity contribution < 1.29 is 0 Å². The van der Waals surface area contributed by atoms with Crippen LogP contribution in [0.3, 0.4) is 0 Å². The van der Waals surface area contributed by atoms with Gasteiger partial charge in [0.15, 0.2) is 0 Å². The highest BCUT2D eigenvalue weighted by atomic mass is 15.1. The monoisotopic (exact) mass is 718 g/mol. The van der Waals surface area contributed by atoms with Crippen molar-refractivity contribution in [1.29, 1.82) is 0 Å². The number of hydrogen-bond donors (Lipinski definition) is 1. The van der Waals surface area contributed by atoms with Gasteiger partial charge < -0.3 is 14.9 Å². The van der Waals surface area contributed by atoms with E-state index in [1.165, 1.54) is 60.4 Å². The summed E-state index contributed by atoms with van der Waals surface area (Å²) in [5.74, 6) is 0. The van der Waals surface area contributed by atoms with Gasteiger partial charge in [-0.1, -0.05) is 140 Å². The predicted molar refractivity (Wildman–Crippen MR) is 236 cm³/mol. The zero-order valence-corrected chi connectivity index (χ0v) is 30.8. The fraction of sp³-hybridized carbons (Fsp3) is 0.0192. The molecule has 0 saturated carbocycles. The van der Waals surface area contributed by atoms with E-state index in [0.29, 0.717) is 6.67 Å². The number of fused-ring (bicyclic) bond motifs is 6. The summed E-state index contributed by atoms with van der Waals surface area (Å²) in [4.78, 5) is 5.16. The molecule has 0 bridgehead atoms. The molecule has 2 heterocycles. The van der Waals surface area contributed by atoms with Crippen LogP contribution in [0, 0.1) is 0 Å². The molecule has 8 aromatic carbocycles. The molecule has 4 heteroatoms. The van der Waals surface area contributed by atoms with E-state index in [1.807, 2.05) is 12.1 Å². The Balaban J connectivity index is 0.996. The first-order valence-corrected chi connectivity index (χ1v) is 19.0. The van der Waals surface area contributed by atoms with Crippen molar-refractivity contribution in [3.63, 3.8) is 0 Å². The van der Waals surface area contributed by atoms with Crippen molar-refractivity contribution in [3.8, 4) is 39.1 Å². The smallest absolute Gasteiger partial charge is 0.115 e. The summed E-state index contributed by atoms with van der Waals surface area (Å²) in [6.45, 7) is 0.453. The standard InChI is InChI=1S/C52H38N4/c53-31-30-48(38-24-22-37(23-25-38)40-15-11-14-39(32-40)36-12-3-1-4-13-36)54-35-55-49-20-9-7-18-44(49)46-33-41(26-28-50(46)55)42-27-29-52-47(34-42)45-19-8-10-21-51(45)56(52)43-16-5-2-6-17-43/h1-34H,35,53H2/b31-30-,54-48+. The van der Waals surface area contributed by atoms with E-state index in [9.17, 15) is 0 Å². The van der Waals surface area contributed by atoms with Crippen molar-refractivity contribution in [1.82, 2.24) is 9.13 Å². The van der Waals surface area contributed by atoms with Crippen LogP contribution in [0.25, 0.3) is 82.7 Å². The fourth-order valence-corrected chi connectivity index (χ4v) is 8.21. The number of aromatic nitrogens is 2. The second kappa shape index (κ2) is 14.1. The maximum absolute atomic E-state index is 5.99. The van der Waals surface area contributed by atoms with E-state index in [2.05, 4.69) is 197 Å². The first kappa shape index (κ1) is 33.2. The summed E-state index contributed by atoms with van der Waals surface area (Å²) in [6, 6.07) is 69.4. The minimum atomic E-state index is 0.453. The van der Waals surface area contributed by atoms with Gasteiger partial charge in [-0.2, -0.15) is 0 Å². The van der Waals surface area contributed by atoms with Crippen LogP contribution in [0.2, 0.25) is 0 Å². The third kappa shape index (κ3) is 5.85. The Morgan fingerprint density at radius 2 is 0.911 bits per heavy atom. The Labute approximate surface area is 325 Å². The molecule has 0 aliphatic rings. The summed E-state index contributed by atoms with van der Waals surface area (Å²) < 4.78 is 4.66. The molecule has 4 nitrogen and oxygen atoms in total. The second-order valence-corrected chi connectivity index (χ2v) is 14.2. The summed E-state index contributed by atoms with van der Waals surface area (Å²) in [5.41, 5.74) is 20.8. The maximum atomic E-state index is 5.99. The highest BCUT2D eigenvalue weighted by Gasteiger charge is 2.15. The Kier molecular flexibility index (Phi) is 8.34. The van der Waals surface area contributed by atoms with Gasteiger partial charge in [-0.15, -0.1) is 0 Å². The van der Waals surface area contributed by atoms with Crippen molar-refractivity contribution >= 4 is 49.3 Å². The largest absolute Gasteiger partial charge is 0.405 e. The van der Waals surface area contributed by atoms with Gasteiger partial charge in [0.05, 0.1) is 27.8 Å². The van der Waals surface area contributed by atoms with Gasteiger partial charge in [0, 0.05) is 27.2 Å². The lowest BCUT2D eigenvalue weighted by Gasteiger charge is -2.10. The highest BCUT2D eigenvalue weighted by Crippen LogP contribution is 2.37. The van der Waals surface area contributed by atoms with E-state index in [1.54, 1.807) is 6.20 Å². The van der Waals surface area contributed by atoms with Crippen molar-refractivity contribution in [3.05, 3.63) is 212 Å². The summed E-state index contributed by atoms with van der Waals surface area (Å²) in [7, 11) is 0. The van der Waals surface area contributed by atoms with E-state index in [-0.39, 0.29) is 0 Å². The molecule has 2 N–H and O–H groups in total. The van der Waals surface area contributed by atoms with Crippen LogP contribution in [0.4, 0.5) is 0 Å². The number of para-hydroxylation sites is 3. The van der Waals surface area contributed by atoms with E-state index >= 15 is 0 Å². The van der Waals surface area contributed by atoms with Gasteiger partial charge in [0.2, 0.25) is 0 Å². The number of aliphatic imine (C=N–C) groups is 1. The normalized spacial score (nSPS) is 12.1. The first-order chi connectivity index (χ1) is 27.7. The lowest BCUT2D eigenvalue weighted by Crippen LogP contribution is -2.03. The van der Waals surface area contributed by atoms with E-state index in [4.69, 9.17) is 10.7 Å². The number of allylic oxidation sites excluding steroid dienone is 1. The van der Waals surface area contributed by atoms with E-state index < -0.39 is 0 Å². The van der Waals surface area contributed by atoms with Gasteiger partial charge in [-0.25, -0.2) is 0 Å². The average Bonchev–Trinajstić information content (AvgIpc) is 3.77.